The standard InChI is InChI=1S/C12H25O3P.C4H10NO3P.C4H9O3P/c1-10(2)6-12(7-11(3)4)8-14-16(5,13)15-9-12;1-9(6)7-3-2-4(5)8-9;1-8(5)6-3-2-4-7-8/h10-11H,6-9H2,1-5H3;4H,2-3,5H2,1H3;2-4H2,1H3. The molecule has 3 fully saturated rings. The Morgan fingerprint density at radius 3 is 1.48 bits per heavy atom. The van der Waals surface area contributed by atoms with Gasteiger partial charge in [0.2, 0.25) is 0 Å². The quantitative estimate of drug-likeness (QED) is 0.446. The smallest absolute Gasteiger partial charge is 0.309 e. The molecule has 3 saturated heterocycles. The minimum absolute atomic E-state index is 0.0618. The minimum atomic E-state index is -2.77. The van der Waals surface area contributed by atoms with Crippen molar-refractivity contribution in [2.24, 2.45) is 23.0 Å². The van der Waals surface area contributed by atoms with Gasteiger partial charge in [0.25, 0.3) is 0 Å². The first kappa shape index (κ1) is 31.4. The number of rotatable bonds is 4. The second kappa shape index (κ2) is 13.6. The second-order valence-corrected chi connectivity index (χ2v) is 16.0. The lowest BCUT2D eigenvalue weighted by Crippen LogP contribution is -2.38. The fraction of sp³-hybridized carbons (Fsp3) is 1.00. The maximum atomic E-state index is 11.6. The van der Waals surface area contributed by atoms with Gasteiger partial charge in [-0.2, -0.15) is 0 Å². The Balaban J connectivity index is 0.000000270. The van der Waals surface area contributed by atoms with Crippen LogP contribution in [0.25, 0.3) is 0 Å². The van der Waals surface area contributed by atoms with Gasteiger partial charge in [0.1, 0.15) is 6.23 Å². The van der Waals surface area contributed by atoms with Crippen LogP contribution in [0.5, 0.6) is 0 Å². The van der Waals surface area contributed by atoms with Crippen LogP contribution in [0.4, 0.5) is 0 Å². The van der Waals surface area contributed by atoms with Crippen molar-refractivity contribution < 1.29 is 40.8 Å². The first-order valence-corrected chi connectivity index (χ1v) is 17.4. The van der Waals surface area contributed by atoms with Crippen LogP contribution in [0.15, 0.2) is 0 Å². The highest BCUT2D eigenvalue weighted by atomic mass is 31.2. The molecule has 3 aliphatic heterocycles. The van der Waals surface area contributed by atoms with Gasteiger partial charge < -0.3 is 28.4 Å². The van der Waals surface area contributed by atoms with Crippen LogP contribution in [0.1, 0.15) is 53.4 Å². The van der Waals surface area contributed by atoms with Crippen LogP contribution in [0, 0.1) is 17.3 Å². The summed E-state index contributed by atoms with van der Waals surface area (Å²) in [5, 5.41) is 0. The highest BCUT2D eigenvalue weighted by Crippen LogP contribution is 2.53. The number of hydrogen-bond acceptors (Lipinski definition) is 10. The summed E-state index contributed by atoms with van der Waals surface area (Å²) in [7, 11) is -8.11. The first-order valence-electron chi connectivity index (χ1n) is 11.4. The van der Waals surface area contributed by atoms with Crippen molar-refractivity contribution in [3.05, 3.63) is 0 Å². The normalized spacial score (nSPS) is 30.5. The van der Waals surface area contributed by atoms with Crippen LogP contribution in [0.2, 0.25) is 0 Å². The van der Waals surface area contributed by atoms with Gasteiger partial charge in [-0.1, -0.05) is 27.7 Å². The number of nitrogens with two attached hydrogens (primary N) is 1. The third-order valence-corrected chi connectivity index (χ3v) is 8.69. The van der Waals surface area contributed by atoms with Gasteiger partial charge in [0, 0.05) is 31.8 Å². The lowest BCUT2D eigenvalue weighted by atomic mass is 9.75. The molecule has 0 aromatic rings. The van der Waals surface area contributed by atoms with Crippen molar-refractivity contribution in [1.29, 1.82) is 0 Å². The molecule has 0 bridgehead atoms. The molecule has 0 saturated carbocycles. The molecule has 2 atom stereocenters. The predicted molar refractivity (Wildman–Crippen MR) is 130 cm³/mol. The average molecular weight is 535 g/mol. The average Bonchev–Trinajstić information content (AvgIpc) is 2.63. The molecule has 3 rings (SSSR count). The van der Waals surface area contributed by atoms with Crippen molar-refractivity contribution in [2.45, 2.75) is 59.6 Å². The van der Waals surface area contributed by atoms with Crippen molar-refractivity contribution >= 4 is 22.8 Å². The Bertz CT molecular complexity index is 698. The van der Waals surface area contributed by atoms with Gasteiger partial charge in [-0.25, -0.2) is 0 Å². The summed E-state index contributed by atoms with van der Waals surface area (Å²) in [5.41, 5.74) is 5.40. The molecule has 0 aromatic heterocycles. The largest absolute Gasteiger partial charge is 0.329 e. The van der Waals surface area contributed by atoms with Crippen molar-refractivity contribution in [1.82, 2.24) is 0 Å². The van der Waals surface area contributed by atoms with E-state index in [0.717, 1.165) is 19.3 Å². The Morgan fingerprint density at radius 2 is 1.18 bits per heavy atom. The van der Waals surface area contributed by atoms with Crippen molar-refractivity contribution in [3.8, 4) is 0 Å². The maximum absolute atomic E-state index is 11.6. The van der Waals surface area contributed by atoms with E-state index in [1.807, 2.05) is 0 Å². The molecule has 0 spiro atoms. The third-order valence-electron chi connectivity index (χ3n) is 4.89. The zero-order chi connectivity index (χ0) is 25.3. The van der Waals surface area contributed by atoms with Crippen LogP contribution in [0.3, 0.4) is 0 Å². The van der Waals surface area contributed by atoms with E-state index in [-0.39, 0.29) is 5.41 Å². The zero-order valence-corrected chi connectivity index (χ0v) is 23.9. The molecule has 0 radical (unpaired) electrons. The van der Waals surface area contributed by atoms with Crippen LogP contribution in [-0.4, -0.2) is 59.3 Å². The van der Waals surface area contributed by atoms with Gasteiger partial charge in [-0.05, 0) is 31.1 Å². The second-order valence-electron chi connectivity index (χ2n) is 9.84. The van der Waals surface area contributed by atoms with Crippen LogP contribution in [-0.2, 0) is 40.8 Å². The fourth-order valence-electron chi connectivity index (χ4n) is 3.86. The molecule has 0 aromatic carbocycles. The fourth-order valence-corrected chi connectivity index (χ4v) is 7.04. The highest BCUT2D eigenvalue weighted by molar-refractivity contribution is 7.53. The Hall–Kier alpha value is 0.410. The molecule has 198 valence electrons. The minimum Gasteiger partial charge on any atom is -0.309 e. The van der Waals surface area contributed by atoms with Crippen LogP contribution >= 0.6 is 22.8 Å². The summed E-state index contributed by atoms with van der Waals surface area (Å²) >= 11 is 0. The summed E-state index contributed by atoms with van der Waals surface area (Å²) < 4.78 is 63.4. The zero-order valence-electron chi connectivity index (χ0n) is 21.2. The predicted octanol–water partition coefficient (Wildman–Crippen LogP) is 5.71. The van der Waals surface area contributed by atoms with E-state index >= 15 is 0 Å². The Morgan fingerprint density at radius 1 is 0.758 bits per heavy atom. The van der Waals surface area contributed by atoms with E-state index < -0.39 is 29.0 Å². The van der Waals surface area contributed by atoms with Gasteiger partial charge in [0.15, 0.2) is 0 Å². The lowest BCUT2D eigenvalue weighted by Gasteiger charge is -2.41. The Kier molecular flexibility index (Phi) is 13.0. The molecule has 2 unspecified atom stereocenters. The highest BCUT2D eigenvalue weighted by Gasteiger charge is 2.40. The van der Waals surface area contributed by atoms with E-state index in [0.29, 0.717) is 51.3 Å². The van der Waals surface area contributed by atoms with Crippen LogP contribution < -0.4 is 5.73 Å². The van der Waals surface area contributed by atoms with E-state index in [2.05, 4.69) is 27.7 Å². The van der Waals surface area contributed by atoms with Gasteiger partial charge in [0.05, 0.1) is 33.0 Å². The number of hydrogen-bond donors (Lipinski definition) is 1. The summed E-state index contributed by atoms with van der Waals surface area (Å²) in [4.78, 5) is 0. The van der Waals surface area contributed by atoms with Crippen molar-refractivity contribution in [3.63, 3.8) is 0 Å². The molecular formula is C20H44NO9P3. The summed E-state index contributed by atoms with van der Waals surface area (Å²) in [5.74, 6) is 1.22. The maximum Gasteiger partial charge on any atom is 0.329 e. The molecule has 0 aliphatic carbocycles. The monoisotopic (exact) mass is 535 g/mol. The topological polar surface area (TPSA) is 133 Å². The molecule has 33 heavy (non-hydrogen) atoms. The molecule has 10 nitrogen and oxygen atoms in total. The summed E-state index contributed by atoms with van der Waals surface area (Å²) in [6.07, 6.45) is 3.22. The lowest BCUT2D eigenvalue weighted by molar-refractivity contribution is -0.00879. The molecule has 3 aliphatic rings. The molecule has 0 amide bonds. The molecular weight excluding hydrogens is 491 g/mol. The van der Waals surface area contributed by atoms with Gasteiger partial charge >= 0.3 is 22.8 Å². The third kappa shape index (κ3) is 13.9. The van der Waals surface area contributed by atoms with Crippen molar-refractivity contribution in [2.75, 3.05) is 53.0 Å². The van der Waals surface area contributed by atoms with Gasteiger partial charge in [-0.3, -0.25) is 18.2 Å². The van der Waals surface area contributed by atoms with E-state index in [1.54, 1.807) is 6.66 Å². The summed E-state index contributed by atoms with van der Waals surface area (Å²) in [6.45, 7) is 16.1. The van der Waals surface area contributed by atoms with E-state index in [9.17, 15) is 13.7 Å². The summed E-state index contributed by atoms with van der Waals surface area (Å²) in [6, 6.07) is 0. The van der Waals surface area contributed by atoms with E-state index in [1.165, 1.54) is 13.3 Å². The van der Waals surface area contributed by atoms with Gasteiger partial charge in [-0.15, -0.1) is 0 Å². The molecule has 13 heteroatoms. The van der Waals surface area contributed by atoms with E-state index in [4.69, 9.17) is 32.9 Å². The Labute approximate surface area is 199 Å². The molecule has 2 N–H and O–H groups in total. The molecule has 3 heterocycles. The SMILES string of the molecule is CC(C)CC1(CC(C)C)COP(C)(=O)OC1.CP1(=O)OCCC(N)O1.CP1(=O)OCCCO1. The first-order chi connectivity index (χ1) is 15.1.